The zero-order valence-corrected chi connectivity index (χ0v) is 21.5. The molecule has 198 valence electrons. The highest BCUT2D eigenvalue weighted by atomic mass is 16.5. The molecule has 3 heterocycles. The largest absolute Gasteiger partial charge is 0.464 e. The summed E-state index contributed by atoms with van der Waals surface area (Å²) in [5, 5.41) is 15.7. The zero-order valence-electron chi connectivity index (χ0n) is 21.5. The van der Waals surface area contributed by atoms with E-state index >= 15 is 0 Å². The second-order valence-electron chi connectivity index (χ2n) is 9.52. The number of aryl methyl sites for hydroxylation is 1. The van der Waals surface area contributed by atoms with Crippen molar-refractivity contribution in [2.75, 3.05) is 26.7 Å². The number of aromatic nitrogens is 4. The maximum absolute atomic E-state index is 13.1. The standard InChI is InChI=1S/C26H34N6O5/c1-18-13-27-19(2)16-36-25(33)10-7-11-32-14-21(28-30-32)17-35-24(18)15-31(3)26(34)22-12-23(37-29-22)20-8-5-4-6-9-20/h4-6,8-9,12,14,18-19,24,27H,7,10-11,13,15-17H2,1-3H3/t18-,19-,24-/m1/s1. The van der Waals surface area contributed by atoms with Crippen LogP contribution in [0.4, 0.5) is 0 Å². The Labute approximate surface area is 216 Å². The van der Waals surface area contributed by atoms with Gasteiger partial charge in [-0.3, -0.25) is 14.3 Å². The molecular weight excluding hydrogens is 476 g/mol. The first-order valence-electron chi connectivity index (χ1n) is 12.6. The molecule has 0 fully saturated rings. The molecular formula is C26H34N6O5. The Morgan fingerprint density at radius 1 is 1.24 bits per heavy atom. The third kappa shape index (κ3) is 7.46. The second-order valence-corrected chi connectivity index (χ2v) is 9.52. The van der Waals surface area contributed by atoms with Crippen molar-refractivity contribution < 1.29 is 23.6 Å². The molecule has 0 radical (unpaired) electrons. The Hall–Kier alpha value is -3.57. The molecule has 11 heteroatoms. The maximum atomic E-state index is 13.1. The number of rotatable bonds is 4. The third-order valence-corrected chi connectivity index (χ3v) is 6.30. The number of benzene rings is 1. The molecule has 3 atom stereocenters. The summed E-state index contributed by atoms with van der Waals surface area (Å²) in [6.07, 6.45) is 2.46. The fraction of sp³-hybridized carbons (Fsp3) is 0.500. The van der Waals surface area contributed by atoms with Gasteiger partial charge in [-0.2, -0.15) is 0 Å². The zero-order chi connectivity index (χ0) is 26.2. The number of carbonyl (C=O) groups is 2. The van der Waals surface area contributed by atoms with Gasteiger partial charge in [-0.15, -0.1) is 5.10 Å². The van der Waals surface area contributed by atoms with Crippen molar-refractivity contribution in [2.45, 2.75) is 52.0 Å². The van der Waals surface area contributed by atoms with Gasteiger partial charge in [0.2, 0.25) is 0 Å². The molecule has 0 spiro atoms. The van der Waals surface area contributed by atoms with E-state index in [1.54, 1.807) is 22.7 Å². The van der Waals surface area contributed by atoms with E-state index in [0.717, 1.165) is 5.56 Å². The Bertz CT molecular complexity index is 1160. The number of amides is 1. The number of carbonyl (C=O) groups excluding carboxylic acids is 2. The number of ether oxygens (including phenoxy) is 2. The smallest absolute Gasteiger partial charge is 0.305 e. The van der Waals surface area contributed by atoms with Gasteiger partial charge in [0, 0.05) is 50.8 Å². The van der Waals surface area contributed by atoms with E-state index in [-0.39, 0.29) is 42.2 Å². The van der Waals surface area contributed by atoms with Crippen molar-refractivity contribution in [1.29, 1.82) is 0 Å². The van der Waals surface area contributed by atoms with E-state index in [0.29, 0.717) is 50.5 Å². The van der Waals surface area contributed by atoms with Gasteiger partial charge in [0.05, 0.1) is 18.9 Å². The summed E-state index contributed by atoms with van der Waals surface area (Å²) < 4.78 is 18.8. The van der Waals surface area contributed by atoms with Gasteiger partial charge in [0.25, 0.3) is 5.91 Å². The summed E-state index contributed by atoms with van der Waals surface area (Å²) in [6.45, 7) is 6.09. The Balaban J connectivity index is 1.44. The van der Waals surface area contributed by atoms with Crippen LogP contribution in [0.5, 0.6) is 0 Å². The highest BCUT2D eigenvalue weighted by Crippen LogP contribution is 2.21. The molecule has 1 aromatic carbocycles. The highest BCUT2D eigenvalue weighted by Gasteiger charge is 2.26. The van der Waals surface area contributed by atoms with Crippen LogP contribution in [0.3, 0.4) is 0 Å². The Kier molecular flexibility index (Phi) is 9.02. The molecule has 3 aromatic rings. The lowest BCUT2D eigenvalue weighted by atomic mass is 10.0. The average Bonchev–Trinajstić information content (AvgIpc) is 3.58. The lowest BCUT2D eigenvalue weighted by molar-refractivity contribution is -0.144. The fourth-order valence-corrected chi connectivity index (χ4v) is 4.02. The number of hydrogen-bond acceptors (Lipinski definition) is 9. The SMILES string of the molecule is C[C@@H]1COC(=O)CCCn2cc(nn2)CO[C@H](CN(C)C(=O)c2cc(-c3ccccc3)on2)[C@H](C)CN1. The molecule has 11 nitrogen and oxygen atoms in total. The first kappa shape index (κ1) is 26.5. The molecule has 1 aliphatic rings. The van der Waals surface area contributed by atoms with Crippen LogP contribution in [0.25, 0.3) is 11.3 Å². The number of nitrogens with one attached hydrogen (secondary N) is 1. The van der Waals surface area contributed by atoms with Crippen molar-refractivity contribution in [3.05, 3.63) is 54.0 Å². The summed E-state index contributed by atoms with van der Waals surface area (Å²) in [4.78, 5) is 26.8. The van der Waals surface area contributed by atoms with Crippen molar-refractivity contribution in [2.24, 2.45) is 5.92 Å². The lowest BCUT2D eigenvalue weighted by Crippen LogP contribution is -2.43. The van der Waals surface area contributed by atoms with E-state index in [4.69, 9.17) is 14.0 Å². The first-order valence-corrected chi connectivity index (χ1v) is 12.6. The van der Waals surface area contributed by atoms with Crippen LogP contribution < -0.4 is 5.32 Å². The van der Waals surface area contributed by atoms with Crippen LogP contribution in [0, 0.1) is 5.92 Å². The van der Waals surface area contributed by atoms with Gasteiger partial charge in [-0.1, -0.05) is 47.6 Å². The van der Waals surface area contributed by atoms with Crippen molar-refractivity contribution >= 4 is 11.9 Å². The van der Waals surface area contributed by atoms with Crippen LogP contribution in [-0.2, 0) is 27.4 Å². The molecule has 0 unspecified atom stereocenters. The molecule has 1 N–H and O–H groups in total. The summed E-state index contributed by atoms with van der Waals surface area (Å²) >= 11 is 0. The Morgan fingerprint density at radius 3 is 2.86 bits per heavy atom. The van der Waals surface area contributed by atoms with Gasteiger partial charge in [-0.25, -0.2) is 0 Å². The highest BCUT2D eigenvalue weighted by molar-refractivity contribution is 5.93. The van der Waals surface area contributed by atoms with Crippen molar-refractivity contribution in [3.63, 3.8) is 0 Å². The molecule has 0 saturated heterocycles. The van der Waals surface area contributed by atoms with Crippen LogP contribution in [-0.4, -0.2) is 75.8 Å². The predicted octanol–water partition coefficient (Wildman–Crippen LogP) is 2.54. The van der Waals surface area contributed by atoms with Crippen molar-refractivity contribution in [3.8, 4) is 11.3 Å². The molecule has 0 aliphatic carbocycles. The maximum Gasteiger partial charge on any atom is 0.305 e. The molecule has 0 saturated carbocycles. The minimum Gasteiger partial charge on any atom is -0.464 e. The third-order valence-electron chi connectivity index (χ3n) is 6.30. The molecule has 37 heavy (non-hydrogen) atoms. The minimum atomic E-state index is -0.297. The first-order chi connectivity index (χ1) is 17.9. The monoisotopic (exact) mass is 510 g/mol. The summed E-state index contributed by atoms with van der Waals surface area (Å²) in [5.41, 5.74) is 1.77. The number of fused-ring (bicyclic) bond motifs is 2. The van der Waals surface area contributed by atoms with Gasteiger partial charge in [-0.05, 0) is 19.3 Å². The van der Waals surface area contributed by atoms with Crippen LogP contribution in [0.1, 0.15) is 42.9 Å². The van der Waals surface area contributed by atoms with Gasteiger partial charge < -0.3 is 24.2 Å². The van der Waals surface area contributed by atoms with E-state index in [1.807, 2.05) is 43.5 Å². The molecule has 2 aromatic heterocycles. The second kappa shape index (κ2) is 12.6. The summed E-state index contributed by atoms with van der Waals surface area (Å²) in [6, 6.07) is 11.2. The van der Waals surface area contributed by atoms with Crippen molar-refractivity contribution in [1.82, 2.24) is 30.4 Å². The summed E-state index contributed by atoms with van der Waals surface area (Å²) in [5.74, 6) is 0.0917. The van der Waals surface area contributed by atoms with E-state index in [2.05, 4.69) is 27.7 Å². The molecule has 1 amide bonds. The van der Waals surface area contributed by atoms with Gasteiger partial charge >= 0.3 is 5.97 Å². The number of likely N-dealkylation sites (N-methyl/N-ethyl adjacent to an activating group) is 1. The predicted molar refractivity (Wildman–Crippen MR) is 134 cm³/mol. The topological polar surface area (TPSA) is 125 Å². The minimum absolute atomic E-state index is 0.0153. The fourth-order valence-electron chi connectivity index (χ4n) is 4.02. The van der Waals surface area contributed by atoms with Crippen LogP contribution in [0.2, 0.25) is 0 Å². The number of hydrogen-bond donors (Lipinski definition) is 1. The quantitative estimate of drug-likeness (QED) is 0.527. The number of cyclic esters (lactones) is 1. The number of nitrogens with zero attached hydrogens (tertiary/aromatic N) is 5. The molecule has 4 rings (SSSR count). The van der Waals surface area contributed by atoms with E-state index in [9.17, 15) is 9.59 Å². The summed E-state index contributed by atoms with van der Waals surface area (Å²) in [7, 11) is 1.72. The normalized spacial score (nSPS) is 21.8. The lowest BCUT2D eigenvalue weighted by Gasteiger charge is -2.29. The van der Waals surface area contributed by atoms with E-state index < -0.39 is 0 Å². The van der Waals surface area contributed by atoms with Gasteiger partial charge in [0.1, 0.15) is 12.3 Å². The van der Waals surface area contributed by atoms with E-state index in [1.165, 1.54) is 0 Å². The van der Waals surface area contributed by atoms with Crippen LogP contribution >= 0.6 is 0 Å². The average molecular weight is 511 g/mol. The Morgan fingerprint density at radius 2 is 2.05 bits per heavy atom. The molecule has 2 bridgehead atoms. The number of esters is 1. The van der Waals surface area contributed by atoms with Crippen LogP contribution in [0.15, 0.2) is 47.1 Å². The molecule has 1 aliphatic heterocycles. The van der Waals surface area contributed by atoms with Gasteiger partial charge in [0.15, 0.2) is 11.5 Å².